The monoisotopic (exact) mass is 353 g/mol. The van der Waals surface area contributed by atoms with Gasteiger partial charge in [0.2, 0.25) is 5.88 Å². The highest BCUT2D eigenvalue weighted by atomic mass is 16.5. The molecular weight excluding hydrogens is 326 g/mol. The summed E-state index contributed by atoms with van der Waals surface area (Å²) >= 11 is 0. The maximum atomic E-state index is 11.6. The average Bonchev–Trinajstić information content (AvgIpc) is 2.68. The van der Waals surface area contributed by atoms with Gasteiger partial charge in [0.15, 0.2) is 0 Å². The highest BCUT2D eigenvalue weighted by Gasteiger charge is 2.26. The molecule has 1 aromatic carbocycles. The van der Waals surface area contributed by atoms with Crippen LogP contribution >= 0.6 is 0 Å². The molecule has 0 bridgehead atoms. The molecule has 26 heavy (non-hydrogen) atoms. The molecule has 0 amide bonds. The van der Waals surface area contributed by atoms with Crippen molar-refractivity contribution in [3.8, 4) is 11.6 Å². The minimum atomic E-state index is -0.381. The number of esters is 1. The summed E-state index contributed by atoms with van der Waals surface area (Å²) in [6, 6.07) is 11.5. The van der Waals surface area contributed by atoms with E-state index in [1.165, 1.54) is 11.8 Å². The molecule has 0 atom stereocenters. The third-order valence-electron chi connectivity index (χ3n) is 4.83. The van der Waals surface area contributed by atoms with E-state index in [-0.39, 0.29) is 11.4 Å². The van der Waals surface area contributed by atoms with Crippen molar-refractivity contribution in [3.63, 3.8) is 0 Å². The molecule has 0 N–H and O–H groups in total. The van der Waals surface area contributed by atoms with Gasteiger partial charge < -0.3 is 9.47 Å². The Hall–Kier alpha value is -2.62. The van der Waals surface area contributed by atoms with E-state index < -0.39 is 0 Å². The molecule has 0 radical (unpaired) electrons. The van der Waals surface area contributed by atoms with Crippen LogP contribution in [0.1, 0.15) is 56.0 Å². The van der Waals surface area contributed by atoms with Crippen LogP contribution in [0.25, 0.3) is 0 Å². The molecule has 0 aliphatic carbocycles. The van der Waals surface area contributed by atoms with Gasteiger partial charge in [0.05, 0.1) is 12.2 Å². The zero-order valence-electron chi connectivity index (χ0n) is 15.8. The van der Waals surface area contributed by atoms with Crippen LogP contribution in [0.4, 0.5) is 0 Å². The number of carbonyl (C=O) groups excluding carboxylic acids is 1. The van der Waals surface area contributed by atoms with Crippen LogP contribution in [-0.4, -0.2) is 17.6 Å². The third kappa shape index (κ3) is 4.51. The Labute approximate surface area is 155 Å². The first-order valence-corrected chi connectivity index (χ1v) is 9.11. The molecule has 1 heterocycles. The Morgan fingerprint density at radius 1 is 1.12 bits per heavy atom. The van der Waals surface area contributed by atoms with E-state index in [9.17, 15) is 4.79 Å². The fourth-order valence-electron chi connectivity index (χ4n) is 3.11. The highest BCUT2D eigenvalue weighted by molar-refractivity contribution is 5.89. The molecule has 0 saturated carbocycles. The summed E-state index contributed by atoms with van der Waals surface area (Å²) < 4.78 is 10.7. The van der Waals surface area contributed by atoms with E-state index >= 15 is 0 Å². The molecule has 0 aliphatic rings. The van der Waals surface area contributed by atoms with Gasteiger partial charge in [-0.25, -0.2) is 9.78 Å². The van der Waals surface area contributed by atoms with E-state index in [0.717, 1.165) is 19.3 Å². The van der Waals surface area contributed by atoms with Crippen molar-refractivity contribution in [1.29, 1.82) is 0 Å². The van der Waals surface area contributed by atoms with Gasteiger partial charge in [-0.2, -0.15) is 0 Å². The fourth-order valence-corrected chi connectivity index (χ4v) is 3.11. The zero-order valence-corrected chi connectivity index (χ0v) is 15.8. The summed E-state index contributed by atoms with van der Waals surface area (Å²) in [6.45, 7) is 10.4. The predicted molar refractivity (Wildman–Crippen MR) is 104 cm³/mol. The van der Waals surface area contributed by atoms with Crippen molar-refractivity contribution in [1.82, 2.24) is 4.98 Å². The van der Waals surface area contributed by atoms with Gasteiger partial charge in [-0.15, -0.1) is 6.58 Å². The summed E-state index contributed by atoms with van der Waals surface area (Å²) in [7, 11) is 0. The largest absolute Gasteiger partial charge is 0.462 e. The Bertz CT molecular complexity index is 716. The standard InChI is InChI=1S/C22H27NO3/c1-5-15-22(6-2,7-3)18-10-12-19(13-11-18)26-20-14-9-17(16-23-20)21(24)25-8-4/h5,9-14,16H,1,6-8,15H2,2-4H3. The quantitative estimate of drug-likeness (QED) is 0.429. The van der Waals surface area contributed by atoms with Crippen LogP contribution < -0.4 is 4.74 Å². The zero-order chi connectivity index (χ0) is 19.0. The van der Waals surface area contributed by atoms with E-state index in [0.29, 0.717) is 23.8 Å². The summed E-state index contributed by atoms with van der Waals surface area (Å²) in [5, 5.41) is 0. The summed E-state index contributed by atoms with van der Waals surface area (Å²) in [5.74, 6) is 0.771. The number of hydrogen-bond acceptors (Lipinski definition) is 4. The summed E-state index contributed by atoms with van der Waals surface area (Å²) in [4.78, 5) is 15.8. The molecule has 2 aromatic rings. The molecule has 0 unspecified atom stereocenters. The summed E-state index contributed by atoms with van der Waals surface area (Å²) in [6.07, 6.45) is 6.54. The smallest absolute Gasteiger partial charge is 0.339 e. The minimum Gasteiger partial charge on any atom is -0.462 e. The number of nitrogens with zero attached hydrogens (tertiary/aromatic N) is 1. The van der Waals surface area contributed by atoms with Crippen molar-refractivity contribution in [2.75, 3.05) is 6.61 Å². The predicted octanol–water partition coefficient (Wildman–Crippen LogP) is 5.68. The Balaban J connectivity index is 2.11. The molecule has 0 spiro atoms. The van der Waals surface area contributed by atoms with Crippen molar-refractivity contribution in [3.05, 3.63) is 66.4 Å². The van der Waals surface area contributed by atoms with Crippen molar-refractivity contribution >= 4 is 5.97 Å². The van der Waals surface area contributed by atoms with Crippen molar-refractivity contribution < 1.29 is 14.3 Å². The third-order valence-corrected chi connectivity index (χ3v) is 4.83. The SMILES string of the molecule is C=CCC(CC)(CC)c1ccc(Oc2ccc(C(=O)OCC)cn2)cc1. The molecule has 1 aromatic heterocycles. The van der Waals surface area contributed by atoms with Gasteiger partial charge in [-0.3, -0.25) is 0 Å². The second kappa shape index (κ2) is 9.18. The van der Waals surface area contributed by atoms with Crippen LogP contribution in [0.5, 0.6) is 11.6 Å². The number of allylic oxidation sites excluding steroid dienone is 1. The Morgan fingerprint density at radius 2 is 1.81 bits per heavy atom. The number of carbonyl (C=O) groups is 1. The van der Waals surface area contributed by atoms with Crippen LogP contribution in [0.2, 0.25) is 0 Å². The van der Waals surface area contributed by atoms with Crippen LogP contribution in [0.15, 0.2) is 55.3 Å². The number of ether oxygens (including phenoxy) is 2. The van der Waals surface area contributed by atoms with E-state index in [2.05, 4.69) is 37.5 Å². The van der Waals surface area contributed by atoms with Crippen LogP contribution in [-0.2, 0) is 10.2 Å². The molecule has 4 nitrogen and oxygen atoms in total. The summed E-state index contributed by atoms with van der Waals surface area (Å²) in [5.41, 5.74) is 1.83. The molecule has 2 rings (SSSR count). The number of rotatable bonds is 9. The lowest BCUT2D eigenvalue weighted by molar-refractivity contribution is 0.0526. The first kappa shape index (κ1) is 19.7. The average molecular weight is 353 g/mol. The number of hydrogen-bond donors (Lipinski definition) is 0. The number of pyridine rings is 1. The molecule has 0 aliphatic heterocycles. The Morgan fingerprint density at radius 3 is 2.31 bits per heavy atom. The van der Waals surface area contributed by atoms with Gasteiger partial charge >= 0.3 is 5.97 Å². The molecule has 0 saturated heterocycles. The second-order valence-electron chi connectivity index (χ2n) is 6.21. The lowest BCUT2D eigenvalue weighted by Gasteiger charge is -2.31. The molecule has 138 valence electrons. The van der Waals surface area contributed by atoms with E-state index in [1.54, 1.807) is 19.1 Å². The van der Waals surface area contributed by atoms with E-state index in [1.807, 2.05) is 18.2 Å². The normalized spacial score (nSPS) is 11.0. The maximum Gasteiger partial charge on any atom is 0.339 e. The van der Waals surface area contributed by atoms with Gasteiger partial charge in [-0.05, 0) is 55.4 Å². The lowest BCUT2D eigenvalue weighted by atomic mass is 9.73. The second-order valence-corrected chi connectivity index (χ2v) is 6.21. The van der Waals surface area contributed by atoms with E-state index in [4.69, 9.17) is 9.47 Å². The van der Waals surface area contributed by atoms with Crippen molar-refractivity contribution in [2.24, 2.45) is 0 Å². The fraction of sp³-hybridized carbons (Fsp3) is 0.364. The maximum absolute atomic E-state index is 11.6. The number of benzene rings is 1. The van der Waals surface area contributed by atoms with Gasteiger partial charge in [0, 0.05) is 12.3 Å². The van der Waals surface area contributed by atoms with Crippen molar-refractivity contribution in [2.45, 2.75) is 45.4 Å². The van der Waals surface area contributed by atoms with Gasteiger partial charge in [0.1, 0.15) is 5.75 Å². The first-order valence-electron chi connectivity index (χ1n) is 9.11. The van der Waals surface area contributed by atoms with Gasteiger partial charge in [-0.1, -0.05) is 32.1 Å². The van der Waals surface area contributed by atoms with Gasteiger partial charge in [0.25, 0.3) is 0 Å². The number of aromatic nitrogens is 1. The first-order chi connectivity index (χ1) is 12.6. The molecule has 4 heteroatoms. The molecular formula is C22H27NO3. The Kier molecular flexibility index (Phi) is 6.96. The van der Waals surface area contributed by atoms with Crippen LogP contribution in [0.3, 0.4) is 0 Å². The topological polar surface area (TPSA) is 48.4 Å². The molecule has 0 fully saturated rings. The lowest BCUT2D eigenvalue weighted by Crippen LogP contribution is -2.23. The van der Waals surface area contributed by atoms with Crippen LogP contribution in [0, 0.1) is 0 Å². The minimum absolute atomic E-state index is 0.125. The highest BCUT2D eigenvalue weighted by Crippen LogP contribution is 2.36.